The lowest BCUT2D eigenvalue weighted by atomic mass is 10.1. The highest BCUT2D eigenvalue weighted by atomic mass is 32.2. The first-order chi connectivity index (χ1) is 9.11. The van der Waals surface area contributed by atoms with Gasteiger partial charge in [-0.05, 0) is 31.9 Å². The summed E-state index contributed by atoms with van der Waals surface area (Å²) in [5.41, 5.74) is 1.43. The van der Waals surface area contributed by atoms with E-state index < -0.39 is 0 Å². The average molecular weight is 278 g/mol. The second-order valence-electron chi connectivity index (χ2n) is 5.03. The van der Waals surface area contributed by atoms with E-state index in [0.717, 1.165) is 19.5 Å². The van der Waals surface area contributed by atoms with Gasteiger partial charge in [0.2, 0.25) is 5.91 Å². The number of benzene rings is 1. The molecule has 4 heteroatoms. The molecule has 0 aromatic heterocycles. The van der Waals surface area contributed by atoms with Crippen molar-refractivity contribution in [3.05, 3.63) is 29.8 Å². The quantitative estimate of drug-likeness (QED) is 0.896. The Bertz CT molecular complexity index is 425. The van der Waals surface area contributed by atoms with Crippen molar-refractivity contribution in [3.63, 3.8) is 0 Å². The van der Waals surface area contributed by atoms with Crippen LogP contribution in [0.25, 0.3) is 0 Å². The van der Waals surface area contributed by atoms with Crippen LogP contribution in [-0.4, -0.2) is 42.2 Å². The van der Waals surface area contributed by atoms with Crippen molar-refractivity contribution in [3.8, 4) is 0 Å². The molecular formula is C15H22N2OS. The van der Waals surface area contributed by atoms with Crippen LogP contribution in [0.15, 0.2) is 29.2 Å². The molecule has 3 nitrogen and oxygen atoms in total. The summed E-state index contributed by atoms with van der Waals surface area (Å²) in [5, 5.41) is 3.90. The number of fused-ring (bicyclic) bond motifs is 1. The zero-order chi connectivity index (χ0) is 13.8. The molecule has 1 aromatic rings. The molecule has 1 heterocycles. The minimum atomic E-state index is -0.103. The fourth-order valence-corrected chi connectivity index (χ4v) is 3.51. The van der Waals surface area contributed by atoms with Gasteiger partial charge in [0, 0.05) is 30.3 Å². The van der Waals surface area contributed by atoms with E-state index in [0.29, 0.717) is 5.25 Å². The number of nitrogens with zero attached hydrogens (tertiary/aromatic N) is 1. The fourth-order valence-electron chi connectivity index (χ4n) is 2.25. The van der Waals surface area contributed by atoms with Crippen LogP contribution < -0.4 is 5.32 Å². The van der Waals surface area contributed by atoms with Gasteiger partial charge in [-0.15, -0.1) is 11.8 Å². The maximum atomic E-state index is 12.0. The topological polar surface area (TPSA) is 32.3 Å². The van der Waals surface area contributed by atoms with E-state index in [1.54, 1.807) is 4.90 Å². The van der Waals surface area contributed by atoms with Crippen LogP contribution >= 0.6 is 11.8 Å². The lowest BCUT2D eigenvalue weighted by Crippen LogP contribution is -2.44. The second-order valence-corrected chi connectivity index (χ2v) is 6.38. The van der Waals surface area contributed by atoms with Gasteiger partial charge in [-0.25, -0.2) is 0 Å². The number of nitrogens with one attached hydrogen (secondary N) is 1. The largest absolute Gasteiger partial charge is 0.345 e. The van der Waals surface area contributed by atoms with Crippen LogP contribution in [-0.2, 0) is 11.2 Å². The molecule has 0 radical (unpaired) electrons. The van der Waals surface area contributed by atoms with E-state index >= 15 is 0 Å². The first kappa shape index (κ1) is 14.4. The maximum absolute atomic E-state index is 12.0. The summed E-state index contributed by atoms with van der Waals surface area (Å²) < 4.78 is 0. The highest BCUT2D eigenvalue weighted by molar-refractivity contribution is 8.00. The predicted molar refractivity (Wildman–Crippen MR) is 80.6 cm³/mol. The minimum absolute atomic E-state index is 0.103. The normalized spacial score (nSPS) is 19.0. The molecule has 1 amide bonds. The molecule has 1 aromatic carbocycles. The molecule has 2 atom stereocenters. The Morgan fingerprint density at radius 2 is 2.26 bits per heavy atom. The van der Waals surface area contributed by atoms with Crippen LogP contribution in [0.1, 0.15) is 19.4 Å². The third-order valence-electron chi connectivity index (χ3n) is 3.59. The standard InChI is InChI=1S/C15H22N2OS/c1-4-17(3)15(18)11(2)16-10-13-9-12-7-5-6-8-14(12)19-13/h5-8,11,13,16H,4,9-10H2,1-3H3. The Hall–Kier alpha value is -1.00. The van der Waals surface area contributed by atoms with Crippen LogP contribution in [0.4, 0.5) is 0 Å². The molecule has 19 heavy (non-hydrogen) atoms. The summed E-state index contributed by atoms with van der Waals surface area (Å²) in [4.78, 5) is 15.1. The van der Waals surface area contributed by atoms with Crippen molar-refractivity contribution >= 4 is 17.7 Å². The van der Waals surface area contributed by atoms with Crippen molar-refractivity contribution in [2.45, 2.75) is 36.5 Å². The third-order valence-corrected chi connectivity index (χ3v) is 4.91. The minimum Gasteiger partial charge on any atom is -0.345 e. The Kier molecular flexibility index (Phi) is 4.88. The first-order valence-corrected chi connectivity index (χ1v) is 7.72. The summed E-state index contributed by atoms with van der Waals surface area (Å²) in [6.45, 7) is 5.58. The van der Waals surface area contributed by atoms with Crippen LogP contribution in [0.5, 0.6) is 0 Å². The van der Waals surface area contributed by atoms with Crippen molar-refractivity contribution < 1.29 is 4.79 Å². The molecule has 0 spiro atoms. The number of thioether (sulfide) groups is 1. The van der Waals surface area contributed by atoms with Gasteiger partial charge in [-0.1, -0.05) is 18.2 Å². The SMILES string of the molecule is CCN(C)C(=O)C(C)NCC1Cc2ccccc2S1. The van der Waals surface area contributed by atoms with E-state index in [1.165, 1.54) is 10.5 Å². The molecular weight excluding hydrogens is 256 g/mol. The number of amides is 1. The molecule has 0 saturated heterocycles. The lowest BCUT2D eigenvalue weighted by molar-refractivity contribution is -0.131. The highest BCUT2D eigenvalue weighted by Gasteiger charge is 2.23. The van der Waals surface area contributed by atoms with Gasteiger partial charge in [0.05, 0.1) is 6.04 Å². The van der Waals surface area contributed by atoms with Gasteiger partial charge in [-0.3, -0.25) is 4.79 Å². The summed E-state index contributed by atoms with van der Waals surface area (Å²) in [6, 6.07) is 8.46. The Morgan fingerprint density at radius 1 is 1.53 bits per heavy atom. The second kappa shape index (κ2) is 6.44. The number of likely N-dealkylation sites (N-methyl/N-ethyl adjacent to an activating group) is 1. The molecule has 0 aliphatic carbocycles. The van der Waals surface area contributed by atoms with Crippen molar-refractivity contribution in [2.75, 3.05) is 20.1 Å². The molecule has 2 unspecified atom stereocenters. The molecule has 2 rings (SSSR count). The summed E-state index contributed by atoms with van der Waals surface area (Å²) >= 11 is 1.92. The van der Waals surface area contributed by atoms with E-state index in [-0.39, 0.29) is 11.9 Å². The van der Waals surface area contributed by atoms with E-state index in [2.05, 4.69) is 29.6 Å². The van der Waals surface area contributed by atoms with Gasteiger partial charge >= 0.3 is 0 Å². The van der Waals surface area contributed by atoms with E-state index in [9.17, 15) is 4.79 Å². The number of carbonyl (C=O) groups excluding carboxylic acids is 1. The first-order valence-electron chi connectivity index (χ1n) is 6.84. The Balaban J connectivity index is 1.80. The summed E-state index contributed by atoms with van der Waals surface area (Å²) in [7, 11) is 1.85. The van der Waals surface area contributed by atoms with Crippen LogP contribution in [0, 0.1) is 0 Å². The summed E-state index contributed by atoms with van der Waals surface area (Å²) in [6.07, 6.45) is 1.10. The van der Waals surface area contributed by atoms with Gasteiger partial charge in [0.15, 0.2) is 0 Å². The number of carbonyl (C=O) groups is 1. The Labute approximate surface area is 119 Å². The monoisotopic (exact) mass is 278 g/mol. The number of hydrogen-bond donors (Lipinski definition) is 1. The molecule has 1 aliphatic heterocycles. The van der Waals surface area contributed by atoms with Gasteiger partial charge in [0.25, 0.3) is 0 Å². The number of rotatable bonds is 5. The zero-order valence-corrected chi connectivity index (χ0v) is 12.7. The highest BCUT2D eigenvalue weighted by Crippen LogP contribution is 2.36. The molecule has 104 valence electrons. The molecule has 1 N–H and O–H groups in total. The van der Waals surface area contributed by atoms with Crippen LogP contribution in [0.3, 0.4) is 0 Å². The molecule has 0 bridgehead atoms. The summed E-state index contributed by atoms with van der Waals surface area (Å²) in [5.74, 6) is 0.169. The molecule has 0 fully saturated rings. The third kappa shape index (κ3) is 3.51. The lowest BCUT2D eigenvalue weighted by Gasteiger charge is -2.21. The predicted octanol–water partition coefficient (Wildman–Crippen LogP) is 2.16. The Morgan fingerprint density at radius 3 is 2.95 bits per heavy atom. The molecule has 1 aliphatic rings. The van der Waals surface area contributed by atoms with Crippen LogP contribution in [0.2, 0.25) is 0 Å². The van der Waals surface area contributed by atoms with Crippen molar-refractivity contribution in [1.82, 2.24) is 10.2 Å². The number of hydrogen-bond acceptors (Lipinski definition) is 3. The van der Waals surface area contributed by atoms with E-state index in [4.69, 9.17) is 0 Å². The molecule has 0 saturated carbocycles. The van der Waals surface area contributed by atoms with E-state index in [1.807, 2.05) is 32.7 Å². The maximum Gasteiger partial charge on any atom is 0.239 e. The van der Waals surface area contributed by atoms with Crippen molar-refractivity contribution in [2.24, 2.45) is 0 Å². The van der Waals surface area contributed by atoms with Gasteiger partial charge in [-0.2, -0.15) is 0 Å². The smallest absolute Gasteiger partial charge is 0.239 e. The van der Waals surface area contributed by atoms with Gasteiger partial charge in [0.1, 0.15) is 0 Å². The fraction of sp³-hybridized carbons (Fsp3) is 0.533. The zero-order valence-electron chi connectivity index (χ0n) is 11.8. The van der Waals surface area contributed by atoms with Gasteiger partial charge < -0.3 is 10.2 Å². The average Bonchev–Trinajstić information content (AvgIpc) is 2.85. The van der Waals surface area contributed by atoms with Crippen molar-refractivity contribution in [1.29, 1.82) is 0 Å².